The van der Waals surface area contributed by atoms with Crippen molar-refractivity contribution >= 4 is 39.1 Å². The van der Waals surface area contributed by atoms with Crippen LogP contribution in [0.5, 0.6) is 0 Å². The minimum atomic E-state index is -4.13. The Morgan fingerprint density at radius 2 is 1.45 bits per heavy atom. The van der Waals surface area contributed by atoms with E-state index in [1.165, 1.54) is 17.0 Å². The highest BCUT2D eigenvalue weighted by atomic mass is 35.5. The number of anilines is 1. The lowest BCUT2D eigenvalue weighted by atomic mass is 10.0. The monoisotopic (exact) mass is 603 g/mol. The van der Waals surface area contributed by atoms with Crippen LogP contribution in [0.2, 0.25) is 5.02 Å². The van der Waals surface area contributed by atoms with Crippen molar-refractivity contribution in [1.29, 1.82) is 0 Å². The lowest BCUT2D eigenvalue weighted by Gasteiger charge is -2.33. The number of sulfonamides is 1. The molecule has 0 radical (unpaired) electrons. The van der Waals surface area contributed by atoms with E-state index in [-0.39, 0.29) is 23.8 Å². The zero-order valence-corrected chi connectivity index (χ0v) is 25.2. The molecular weight excluding hydrogens is 570 g/mol. The van der Waals surface area contributed by atoms with E-state index in [2.05, 4.69) is 5.32 Å². The van der Waals surface area contributed by atoms with Gasteiger partial charge in [-0.3, -0.25) is 13.9 Å². The predicted octanol–water partition coefficient (Wildman–Crippen LogP) is 5.62. The van der Waals surface area contributed by atoms with Gasteiger partial charge in [0, 0.05) is 24.5 Å². The van der Waals surface area contributed by atoms with Crippen LogP contribution in [-0.2, 0) is 32.6 Å². The van der Waals surface area contributed by atoms with E-state index >= 15 is 0 Å². The van der Waals surface area contributed by atoms with Crippen LogP contribution in [0.15, 0.2) is 114 Å². The molecule has 218 valence electrons. The normalized spacial score (nSPS) is 11.9. The molecule has 0 spiro atoms. The molecule has 0 saturated carbocycles. The zero-order valence-electron chi connectivity index (χ0n) is 23.6. The largest absolute Gasteiger partial charge is 0.355 e. The van der Waals surface area contributed by atoms with Crippen molar-refractivity contribution < 1.29 is 18.0 Å². The molecule has 4 aromatic rings. The summed E-state index contributed by atoms with van der Waals surface area (Å²) < 4.78 is 29.0. The molecule has 2 amide bonds. The van der Waals surface area contributed by atoms with Crippen molar-refractivity contribution in [1.82, 2.24) is 10.2 Å². The smallest absolute Gasteiger partial charge is 0.264 e. The third kappa shape index (κ3) is 7.78. The number of aryl methyl sites for hydroxylation is 1. The molecule has 0 heterocycles. The first kappa shape index (κ1) is 30.8. The van der Waals surface area contributed by atoms with Gasteiger partial charge in [0.15, 0.2) is 0 Å². The fourth-order valence-electron chi connectivity index (χ4n) is 4.64. The number of amides is 2. The van der Waals surface area contributed by atoms with Crippen LogP contribution in [0.4, 0.5) is 5.69 Å². The number of hydrogen-bond acceptors (Lipinski definition) is 4. The number of nitrogens with one attached hydrogen (secondary N) is 1. The van der Waals surface area contributed by atoms with Crippen LogP contribution < -0.4 is 9.62 Å². The standard InChI is InChI=1S/C33H34ClN3O4S/c1-3-35-33(39)31(22-26-11-6-4-7-12-26)36(23-27-13-10-14-28(34)21-27)32(38)24-37(29-15-8-5-9-16-29)42(40,41)30-19-17-25(2)18-20-30/h4-21,31H,3,22-24H2,1-2H3,(H,35,39)/t31-/m1/s1. The minimum absolute atomic E-state index is 0.0568. The number of halogens is 1. The summed E-state index contributed by atoms with van der Waals surface area (Å²) >= 11 is 6.26. The molecule has 0 aliphatic carbocycles. The van der Waals surface area contributed by atoms with Gasteiger partial charge < -0.3 is 10.2 Å². The highest BCUT2D eigenvalue weighted by Gasteiger charge is 2.34. The second-order valence-corrected chi connectivity index (χ2v) is 12.2. The Morgan fingerprint density at radius 3 is 2.07 bits per heavy atom. The maximum atomic E-state index is 14.3. The number of hydrogen-bond donors (Lipinski definition) is 1. The molecule has 0 aromatic heterocycles. The third-order valence-corrected chi connectivity index (χ3v) is 8.82. The first-order valence-corrected chi connectivity index (χ1v) is 15.5. The number of carbonyl (C=O) groups excluding carboxylic acids is 2. The van der Waals surface area contributed by atoms with Crippen LogP contribution >= 0.6 is 11.6 Å². The van der Waals surface area contributed by atoms with E-state index in [1.54, 1.807) is 60.7 Å². The van der Waals surface area contributed by atoms with Crippen molar-refractivity contribution in [2.24, 2.45) is 0 Å². The summed E-state index contributed by atoms with van der Waals surface area (Å²) in [7, 11) is -4.13. The van der Waals surface area contributed by atoms with Gasteiger partial charge in [-0.25, -0.2) is 8.42 Å². The summed E-state index contributed by atoms with van der Waals surface area (Å²) in [5.41, 5.74) is 2.83. The van der Waals surface area contributed by atoms with Gasteiger partial charge in [0.05, 0.1) is 10.6 Å². The molecule has 0 saturated heterocycles. The Morgan fingerprint density at radius 1 is 0.833 bits per heavy atom. The van der Waals surface area contributed by atoms with Gasteiger partial charge in [0.1, 0.15) is 12.6 Å². The number of benzene rings is 4. The number of para-hydroxylation sites is 1. The molecule has 9 heteroatoms. The molecule has 1 atom stereocenters. The summed E-state index contributed by atoms with van der Waals surface area (Å²) in [5, 5.41) is 3.35. The summed E-state index contributed by atoms with van der Waals surface area (Å²) in [4.78, 5) is 29.3. The summed E-state index contributed by atoms with van der Waals surface area (Å²) in [6.07, 6.45) is 0.245. The van der Waals surface area contributed by atoms with Gasteiger partial charge in [-0.1, -0.05) is 90.0 Å². The molecule has 0 bridgehead atoms. The van der Waals surface area contributed by atoms with Gasteiger partial charge in [-0.15, -0.1) is 0 Å². The number of nitrogens with zero attached hydrogens (tertiary/aromatic N) is 2. The van der Waals surface area contributed by atoms with Gasteiger partial charge in [0.2, 0.25) is 11.8 Å². The SMILES string of the molecule is CCNC(=O)[C@@H](Cc1ccccc1)N(Cc1cccc(Cl)c1)C(=O)CN(c1ccccc1)S(=O)(=O)c1ccc(C)cc1. The first-order valence-electron chi connectivity index (χ1n) is 13.7. The molecule has 7 nitrogen and oxygen atoms in total. The number of likely N-dealkylation sites (N-methyl/N-ethyl adjacent to an activating group) is 1. The Kier molecular flexibility index (Phi) is 10.4. The molecule has 42 heavy (non-hydrogen) atoms. The minimum Gasteiger partial charge on any atom is -0.355 e. The molecule has 0 fully saturated rings. The van der Waals surface area contributed by atoms with Gasteiger partial charge >= 0.3 is 0 Å². The summed E-state index contributed by atoms with van der Waals surface area (Å²) in [5.74, 6) is -0.855. The average molecular weight is 604 g/mol. The molecular formula is C33H34ClN3O4S. The highest BCUT2D eigenvalue weighted by molar-refractivity contribution is 7.92. The maximum absolute atomic E-state index is 14.3. The van der Waals surface area contributed by atoms with Crippen LogP contribution in [0, 0.1) is 6.92 Å². The van der Waals surface area contributed by atoms with Gasteiger partial charge in [-0.05, 0) is 61.4 Å². The van der Waals surface area contributed by atoms with Gasteiger partial charge in [-0.2, -0.15) is 0 Å². The molecule has 1 N–H and O–H groups in total. The fraction of sp³-hybridized carbons (Fsp3) is 0.212. The highest BCUT2D eigenvalue weighted by Crippen LogP contribution is 2.25. The van der Waals surface area contributed by atoms with E-state index in [0.29, 0.717) is 22.8 Å². The van der Waals surface area contributed by atoms with E-state index < -0.39 is 28.5 Å². The summed E-state index contributed by atoms with van der Waals surface area (Å²) in [6.45, 7) is 3.61. The predicted molar refractivity (Wildman–Crippen MR) is 167 cm³/mol. The van der Waals surface area contributed by atoms with Crippen LogP contribution in [0.25, 0.3) is 0 Å². The first-order chi connectivity index (χ1) is 20.2. The quantitative estimate of drug-likeness (QED) is 0.228. The number of carbonyl (C=O) groups is 2. The lowest BCUT2D eigenvalue weighted by molar-refractivity contribution is -0.140. The third-order valence-electron chi connectivity index (χ3n) is 6.80. The van der Waals surface area contributed by atoms with Crippen molar-refractivity contribution in [2.45, 2.75) is 37.8 Å². The maximum Gasteiger partial charge on any atom is 0.264 e. The second kappa shape index (κ2) is 14.2. The second-order valence-electron chi connectivity index (χ2n) is 9.91. The van der Waals surface area contributed by atoms with Crippen LogP contribution in [-0.4, -0.2) is 44.3 Å². The summed E-state index contributed by atoms with van der Waals surface area (Å²) in [6, 6.07) is 30.6. The van der Waals surface area contributed by atoms with Gasteiger partial charge in [0.25, 0.3) is 10.0 Å². The Hall–Kier alpha value is -4.14. The fourth-order valence-corrected chi connectivity index (χ4v) is 6.27. The van der Waals surface area contributed by atoms with Crippen molar-refractivity contribution in [3.05, 3.63) is 131 Å². The van der Waals surface area contributed by atoms with Crippen molar-refractivity contribution in [3.8, 4) is 0 Å². The van der Waals surface area contributed by atoms with E-state index in [4.69, 9.17) is 11.6 Å². The Labute approximate surface area is 252 Å². The zero-order chi connectivity index (χ0) is 30.1. The van der Waals surface area contributed by atoms with E-state index in [0.717, 1.165) is 15.4 Å². The van der Waals surface area contributed by atoms with Crippen LogP contribution in [0.1, 0.15) is 23.6 Å². The van der Waals surface area contributed by atoms with Crippen LogP contribution in [0.3, 0.4) is 0 Å². The van der Waals surface area contributed by atoms with E-state index in [1.807, 2.05) is 50.2 Å². The average Bonchev–Trinajstić information content (AvgIpc) is 2.99. The Balaban J connectivity index is 1.78. The molecule has 4 aromatic carbocycles. The van der Waals surface area contributed by atoms with E-state index in [9.17, 15) is 18.0 Å². The van der Waals surface area contributed by atoms with Crippen molar-refractivity contribution in [2.75, 3.05) is 17.4 Å². The topological polar surface area (TPSA) is 86.8 Å². The molecule has 0 aliphatic heterocycles. The Bertz CT molecular complexity index is 1600. The number of rotatable bonds is 12. The molecule has 0 unspecified atom stereocenters. The lowest BCUT2D eigenvalue weighted by Crippen LogP contribution is -2.53. The van der Waals surface area contributed by atoms with Crippen molar-refractivity contribution in [3.63, 3.8) is 0 Å². The molecule has 4 rings (SSSR count). The molecule has 0 aliphatic rings.